The van der Waals surface area contributed by atoms with E-state index in [9.17, 15) is 22.4 Å². The average Bonchev–Trinajstić information content (AvgIpc) is 2.67. The van der Waals surface area contributed by atoms with E-state index < -0.39 is 17.6 Å². The van der Waals surface area contributed by atoms with Gasteiger partial charge in [0.2, 0.25) is 5.95 Å². The van der Waals surface area contributed by atoms with Gasteiger partial charge in [-0.3, -0.25) is 4.79 Å². The first-order valence-electron chi connectivity index (χ1n) is 8.11. The highest BCUT2D eigenvalue weighted by Crippen LogP contribution is 2.31. The first kappa shape index (κ1) is 19.3. The van der Waals surface area contributed by atoms with E-state index in [1.54, 1.807) is 0 Å². The Hall–Kier alpha value is -3.49. The predicted molar refractivity (Wildman–Crippen MR) is 94.3 cm³/mol. The molecule has 0 saturated carbocycles. The first-order chi connectivity index (χ1) is 13.3. The molecule has 3 rings (SSSR count). The fourth-order valence-corrected chi connectivity index (χ4v) is 2.32. The number of benzene rings is 2. The fourth-order valence-electron chi connectivity index (χ4n) is 2.32. The van der Waals surface area contributed by atoms with Crippen molar-refractivity contribution in [2.45, 2.75) is 12.7 Å². The van der Waals surface area contributed by atoms with Crippen molar-refractivity contribution in [3.8, 4) is 0 Å². The maximum absolute atomic E-state index is 12.9. The van der Waals surface area contributed by atoms with Gasteiger partial charge in [-0.15, -0.1) is 0 Å². The molecule has 0 aliphatic rings. The molecule has 0 aliphatic heterocycles. The molecule has 144 valence electrons. The highest BCUT2D eigenvalue weighted by Gasteiger charge is 2.30. The number of amides is 1. The molecule has 5 nitrogen and oxygen atoms in total. The lowest BCUT2D eigenvalue weighted by Gasteiger charge is -2.10. The number of carbonyl (C=O) groups is 1. The molecule has 1 amide bonds. The van der Waals surface area contributed by atoms with E-state index in [0.717, 1.165) is 12.1 Å². The highest BCUT2D eigenvalue weighted by atomic mass is 19.4. The third-order valence-electron chi connectivity index (χ3n) is 3.70. The standard InChI is InChI=1S/C19H14F4N4O/c20-14-6-4-12(5-7-14)11-25-17(28)16-8-9-24-18(27-16)26-15-3-1-2-13(10-15)19(21,22)23/h1-10H,11H2,(H,25,28)(H,24,26,27). The summed E-state index contributed by atoms with van der Waals surface area (Å²) >= 11 is 0. The minimum atomic E-state index is -4.47. The van der Waals surface area contributed by atoms with Gasteiger partial charge >= 0.3 is 6.18 Å². The van der Waals surface area contributed by atoms with Gasteiger partial charge in [0.15, 0.2) is 0 Å². The van der Waals surface area contributed by atoms with Crippen molar-refractivity contribution in [2.75, 3.05) is 5.32 Å². The van der Waals surface area contributed by atoms with Gasteiger partial charge in [0.05, 0.1) is 5.56 Å². The second kappa shape index (κ2) is 8.03. The lowest BCUT2D eigenvalue weighted by atomic mass is 10.2. The van der Waals surface area contributed by atoms with Gasteiger partial charge in [0.1, 0.15) is 11.5 Å². The van der Waals surface area contributed by atoms with Crippen LogP contribution in [0.15, 0.2) is 60.8 Å². The highest BCUT2D eigenvalue weighted by molar-refractivity contribution is 5.92. The Bertz CT molecular complexity index is 974. The lowest BCUT2D eigenvalue weighted by molar-refractivity contribution is -0.137. The number of alkyl halides is 3. The molecule has 2 N–H and O–H groups in total. The molecule has 0 aliphatic carbocycles. The van der Waals surface area contributed by atoms with Crippen molar-refractivity contribution in [3.05, 3.63) is 83.4 Å². The van der Waals surface area contributed by atoms with Crippen LogP contribution >= 0.6 is 0 Å². The van der Waals surface area contributed by atoms with Crippen LogP contribution in [0.1, 0.15) is 21.6 Å². The number of nitrogens with zero attached hydrogens (tertiary/aromatic N) is 2. The number of aromatic nitrogens is 2. The molecule has 0 bridgehead atoms. The number of anilines is 2. The Morgan fingerprint density at radius 3 is 2.50 bits per heavy atom. The number of rotatable bonds is 5. The smallest absolute Gasteiger partial charge is 0.347 e. The normalized spacial score (nSPS) is 11.1. The third-order valence-corrected chi connectivity index (χ3v) is 3.70. The van der Waals surface area contributed by atoms with E-state index in [0.29, 0.717) is 5.56 Å². The SMILES string of the molecule is O=C(NCc1ccc(F)cc1)c1ccnc(Nc2cccc(C(F)(F)F)c2)n1. The van der Waals surface area contributed by atoms with Crippen LogP contribution < -0.4 is 10.6 Å². The van der Waals surface area contributed by atoms with E-state index >= 15 is 0 Å². The lowest BCUT2D eigenvalue weighted by Crippen LogP contribution is -2.24. The molecule has 28 heavy (non-hydrogen) atoms. The van der Waals surface area contributed by atoms with Gasteiger partial charge in [-0.1, -0.05) is 18.2 Å². The van der Waals surface area contributed by atoms with E-state index in [1.807, 2.05) is 0 Å². The Balaban J connectivity index is 1.68. The summed E-state index contributed by atoms with van der Waals surface area (Å²) in [6.45, 7) is 0.166. The van der Waals surface area contributed by atoms with E-state index in [1.165, 1.54) is 48.7 Å². The summed E-state index contributed by atoms with van der Waals surface area (Å²) in [5.74, 6) is -0.899. The van der Waals surface area contributed by atoms with Crippen LogP contribution in [0.2, 0.25) is 0 Å². The van der Waals surface area contributed by atoms with Crippen LogP contribution in [0.3, 0.4) is 0 Å². The zero-order chi connectivity index (χ0) is 20.1. The van der Waals surface area contributed by atoms with E-state index in [2.05, 4.69) is 20.6 Å². The first-order valence-corrected chi connectivity index (χ1v) is 8.11. The molecule has 0 atom stereocenters. The summed E-state index contributed by atoms with van der Waals surface area (Å²) in [7, 11) is 0. The second-order valence-electron chi connectivity index (χ2n) is 5.78. The summed E-state index contributed by atoms with van der Waals surface area (Å²) in [5, 5.41) is 5.27. The summed E-state index contributed by atoms with van der Waals surface area (Å²) in [6.07, 6.45) is -3.16. The molecular formula is C19H14F4N4O. The fraction of sp³-hybridized carbons (Fsp3) is 0.105. The number of halogens is 4. The zero-order valence-electron chi connectivity index (χ0n) is 14.3. The van der Waals surface area contributed by atoms with Crippen molar-refractivity contribution in [1.82, 2.24) is 15.3 Å². The van der Waals surface area contributed by atoms with E-state index in [4.69, 9.17) is 0 Å². The van der Waals surface area contributed by atoms with Crippen LogP contribution in [0.25, 0.3) is 0 Å². The van der Waals surface area contributed by atoms with Crippen LogP contribution in [0.5, 0.6) is 0 Å². The van der Waals surface area contributed by atoms with Crippen molar-refractivity contribution < 1.29 is 22.4 Å². The van der Waals surface area contributed by atoms with Crippen molar-refractivity contribution in [2.24, 2.45) is 0 Å². The van der Waals surface area contributed by atoms with E-state index in [-0.39, 0.29) is 29.7 Å². The number of nitrogens with one attached hydrogen (secondary N) is 2. The average molecular weight is 390 g/mol. The molecule has 9 heteroatoms. The number of carbonyl (C=O) groups excluding carboxylic acids is 1. The Labute approximate surface area is 157 Å². The summed E-state index contributed by atoms with van der Waals surface area (Å²) in [5.41, 5.74) is 0.0575. The van der Waals surface area contributed by atoms with Gasteiger partial charge in [0, 0.05) is 18.4 Å². The molecule has 0 radical (unpaired) electrons. The van der Waals surface area contributed by atoms with Gasteiger partial charge in [-0.2, -0.15) is 13.2 Å². The quantitative estimate of drug-likeness (QED) is 0.638. The molecule has 0 saturated heterocycles. The van der Waals surface area contributed by atoms with Crippen molar-refractivity contribution in [3.63, 3.8) is 0 Å². The van der Waals surface area contributed by atoms with Crippen LogP contribution in [-0.2, 0) is 12.7 Å². The van der Waals surface area contributed by atoms with Crippen LogP contribution in [0, 0.1) is 5.82 Å². The van der Waals surface area contributed by atoms with Crippen LogP contribution in [0.4, 0.5) is 29.2 Å². The maximum atomic E-state index is 12.9. The van der Waals surface area contributed by atoms with Gasteiger partial charge in [-0.05, 0) is 42.0 Å². The molecular weight excluding hydrogens is 376 g/mol. The Morgan fingerprint density at radius 1 is 1.04 bits per heavy atom. The summed E-state index contributed by atoms with van der Waals surface area (Å²) < 4.78 is 51.3. The van der Waals surface area contributed by atoms with Crippen LogP contribution in [-0.4, -0.2) is 15.9 Å². The van der Waals surface area contributed by atoms with Gasteiger partial charge in [-0.25, -0.2) is 14.4 Å². The second-order valence-corrected chi connectivity index (χ2v) is 5.78. The molecule has 1 heterocycles. The molecule has 1 aromatic heterocycles. The maximum Gasteiger partial charge on any atom is 0.416 e. The van der Waals surface area contributed by atoms with Crippen molar-refractivity contribution >= 4 is 17.5 Å². The van der Waals surface area contributed by atoms with Crippen molar-refractivity contribution in [1.29, 1.82) is 0 Å². The largest absolute Gasteiger partial charge is 0.416 e. The molecule has 0 unspecified atom stereocenters. The summed E-state index contributed by atoms with van der Waals surface area (Å²) in [6, 6.07) is 11.6. The predicted octanol–water partition coefficient (Wildman–Crippen LogP) is 4.31. The topological polar surface area (TPSA) is 66.9 Å². The van der Waals surface area contributed by atoms with Gasteiger partial charge < -0.3 is 10.6 Å². The summed E-state index contributed by atoms with van der Waals surface area (Å²) in [4.78, 5) is 20.1. The monoisotopic (exact) mass is 390 g/mol. The van der Waals surface area contributed by atoms with Gasteiger partial charge in [0.25, 0.3) is 5.91 Å². The third kappa shape index (κ3) is 5.03. The number of hydrogen-bond donors (Lipinski definition) is 2. The molecule has 3 aromatic rings. The Morgan fingerprint density at radius 2 is 1.79 bits per heavy atom. The minimum absolute atomic E-state index is 0.0197. The number of hydrogen-bond acceptors (Lipinski definition) is 4. The Kier molecular flexibility index (Phi) is 5.53. The molecule has 0 spiro atoms. The molecule has 0 fully saturated rings. The zero-order valence-corrected chi connectivity index (χ0v) is 14.3. The minimum Gasteiger partial charge on any atom is -0.347 e. The molecule has 2 aromatic carbocycles.